The number of fused-ring (bicyclic) bond motifs is 1. The second-order valence-electron chi connectivity index (χ2n) is 8.85. The molecule has 8 heteroatoms. The summed E-state index contributed by atoms with van der Waals surface area (Å²) in [4.78, 5) is 1.90. The molecule has 1 fully saturated rings. The minimum Gasteiger partial charge on any atom is -0.398 e. The summed E-state index contributed by atoms with van der Waals surface area (Å²) in [5.41, 5.74) is 11.6. The fraction of sp³-hybridized carbons (Fsp3) is 0.346. The van der Waals surface area contributed by atoms with Crippen molar-refractivity contribution < 1.29 is 0 Å². The van der Waals surface area contributed by atoms with Crippen molar-refractivity contribution in [1.82, 2.24) is 24.7 Å². The number of nitriles is 1. The number of anilines is 1. The highest BCUT2D eigenvalue weighted by atomic mass is 32.2. The van der Waals surface area contributed by atoms with Gasteiger partial charge in [-0.3, -0.25) is 4.68 Å². The van der Waals surface area contributed by atoms with Gasteiger partial charge in [-0.1, -0.05) is 30.8 Å². The largest absolute Gasteiger partial charge is 0.398 e. The molecule has 1 saturated carbocycles. The van der Waals surface area contributed by atoms with Gasteiger partial charge in [0, 0.05) is 44.5 Å². The average molecular weight is 472 g/mol. The molecule has 0 aliphatic heterocycles. The van der Waals surface area contributed by atoms with Crippen LogP contribution in [0, 0.1) is 18.3 Å². The van der Waals surface area contributed by atoms with Crippen LogP contribution in [0.3, 0.4) is 0 Å². The number of aromatic nitrogens is 4. The number of rotatable bonds is 6. The molecule has 174 valence electrons. The highest BCUT2D eigenvalue weighted by Gasteiger charge is 2.25. The smallest absolute Gasteiger partial charge is 0.103 e. The molecular weight excluding hydrogens is 442 g/mol. The lowest BCUT2D eigenvalue weighted by Crippen LogP contribution is -2.33. The molecule has 5 rings (SSSR count). The molecule has 3 N–H and O–H groups in total. The number of nitrogen functional groups attached to an aromatic ring is 1. The molecule has 7 nitrogen and oxygen atoms in total. The van der Waals surface area contributed by atoms with Gasteiger partial charge in [0.25, 0.3) is 0 Å². The van der Waals surface area contributed by atoms with Gasteiger partial charge in [0.2, 0.25) is 0 Å². The number of para-hydroxylation sites is 1. The first-order valence-electron chi connectivity index (χ1n) is 11.8. The maximum atomic E-state index is 9.64. The first-order valence-corrected chi connectivity index (χ1v) is 12.6. The zero-order valence-electron chi connectivity index (χ0n) is 19.5. The Labute approximate surface area is 204 Å². The van der Waals surface area contributed by atoms with Crippen LogP contribution in [-0.4, -0.2) is 32.0 Å². The minimum atomic E-state index is 0.431. The number of hydrogen-bond acceptors (Lipinski definition) is 6. The predicted octanol–water partition coefficient (Wildman–Crippen LogP) is 5.20. The Morgan fingerprint density at radius 3 is 2.68 bits per heavy atom. The number of nitrogens with zero attached hydrogens (tertiary/aromatic N) is 5. The van der Waals surface area contributed by atoms with E-state index < -0.39 is 0 Å². The van der Waals surface area contributed by atoms with Gasteiger partial charge in [0.1, 0.15) is 6.07 Å². The van der Waals surface area contributed by atoms with Gasteiger partial charge in [0.15, 0.2) is 0 Å². The summed E-state index contributed by atoms with van der Waals surface area (Å²) < 4.78 is 4.00. The molecule has 1 aliphatic rings. The first-order chi connectivity index (χ1) is 16.6. The lowest BCUT2D eigenvalue weighted by atomic mass is 9.91. The third-order valence-corrected chi connectivity index (χ3v) is 7.85. The van der Waals surface area contributed by atoms with Crippen LogP contribution in [0.4, 0.5) is 5.69 Å². The topological polar surface area (TPSA) is 97.0 Å². The Balaban J connectivity index is 1.51. The SMILES string of the molecule is CCN[C@H]1CC[C@@H](n2ncc(-c3cc(Sc4ccccc4N)c4c(C#N)cnn4c3)c2C)CC1. The number of nitrogens with two attached hydrogens (primary N) is 1. The van der Waals surface area contributed by atoms with Crippen molar-refractivity contribution in [3.8, 4) is 17.2 Å². The van der Waals surface area contributed by atoms with Gasteiger partial charge >= 0.3 is 0 Å². The summed E-state index contributed by atoms with van der Waals surface area (Å²) in [7, 11) is 0. The Morgan fingerprint density at radius 1 is 1.15 bits per heavy atom. The van der Waals surface area contributed by atoms with Crippen LogP contribution in [0.15, 0.2) is 58.7 Å². The zero-order chi connectivity index (χ0) is 23.7. The molecule has 3 heterocycles. The predicted molar refractivity (Wildman–Crippen MR) is 136 cm³/mol. The van der Waals surface area contributed by atoms with Crippen LogP contribution in [0.2, 0.25) is 0 Å². The van der Waals surface area contributed by atoms with Crippen LogP contribution in [-0.2, 0) is 0 Å². The van der Waals surface area contributed by atoms with Gasteiger partial charge in [-0.15, -0.1) is 0 Å². The molecule has 34 heavy (non-hydrogen) atoms. The molecule has 0 spiro atoms. The Kier molecular flexibility index (Phi) is 6.31. The van der Waals surface area contributed by atoms with E-state index in [0.29, 0.717) is 23.3 Å². The average Bonchev–Trinajstić information content (AvgIpc) is 3.44. The van der Waals surface area contributed by atoms with E-state index in [0.717, 1.165) is 51.5 Å². The van der Waals surface area contributed by atoms with Crippen LogP contribution >= 0.6 is 11.8 Å². The molecule has 0 unspecified atom stereocenters. The van der Waals surface area contributed by atoms with Crippen LogP contribution in [0.25, 0.3) is 16.6 Å². The third-order valence-electron chi connectivity index (χ3n) is 6.73. The summed E-state index contributed by atoms with van der Waals surface area (Å²) >= 11 is 1.56. The number of nitrogens with one attached hydrogen (secondary N) is 1. The van der Waals surface area contributed by atoms with Gasteiger partial charge in [-0.25, -0.2) is 4.52 Å². The molecule has 0 atom stereocenters. The number of pyridine rings is 1. The summed E-state index contributed by atoms with van der Waals surface area (Å²) in [6, 6.07) is 13.2. The Morgan fingerprint density at radius 2 is 1.94 bits per heavy atom. The lowest BCUT2D eigenvalue weighted by molar-refractivity contribution is 0.276. The summed E-state index contributed by atoms with van der Waals surface area (Å²) in [5.74, 6) is 0. The van der Waals surface area contributed by atoms with E-state index in [9.17, 15) is 5.26 Å². The molecule has 3 aromatic heterocycles. The lowest BCUT2D eigenvalue weighted by Gasteiger charge is -2.30. The molecule has 0 amide bonds. The van der Waals surface area contributed by atoms with E-state index in [-0.39, 0.29) is 0 Å². The normalized spacial score (nSPS) is 18.3. The monoisotopic (exact) mass is 471 g/mol. The van der Waals surface area contributed by atoms with Crippen molar-refractivity contribution in [2.75, 3.05) is 12.3 Å². The van der Waals surface area contributed by atoms with Crippen molar-refractivity contribution in [2.45, 2.75) is 61.4 Å². The highest BCUT2D eigenvalue weighted by Crippen LogP contribution is 2.39. The third kappa shape index (κ3) is 4.17. The van der Waals surface area contributed by atoms with Gasteiger partial charge in [0.05, 0.1) is 29.5 Å². The van der Waals surface area contributed by atoms with Crippen molar-refractivity contribution >= 4 is 23.0 Å². The second-order valence-corrected chi connectivity index (χ2v) is 9.93. The van der Waals surface area contributed by atoms with E-state index in [2.05, 4.69) is 41.1 Å². The summed E-state index contributed by atoms with van der Waals surface area (Å²) in [6.45, 7) is 5.35. The zero-order valence-corrected chi connectivity index (χ0v) is 20.3. The van der Waals surface area contributed by atoms with E-state index >= 15 is 0 Å². The Hall–Kier alpha value is -3.28. The number of benzene rings is 1. The maximum Gasteiger partial charge on any atom is 0.103 e. The Bertz CT molecular complexity index is 1360. The first kappa shape index (κ1) is 22.5. The fourth-order valence-corrected chi connectivity index (χ4v) is 6.03. The summed E-state index contributed by atoms with van der Waals surface area (Å²) in [6.07, 6.45) is 10.2. The molecule has 1 aliphatic carbocycles. The van der Waals surface area contributed by atoms with Crippen LogP contribution < -0.4 is 11.1 Å². The van der Waals surface area contributed by atoms with E-state index in [1.54, 1.807) is 22.5 Å². The molecule has 0 saturated heterocycles. The summed E-state index contributed by atoms with van der Waals surface area (Å²) in [5, 5.41) is 22.5. The fourth-order valence-electron chi connectivity index (χ4n) is 4.97. The standard InChI is InChI=1S/C26H29N7S/c1-3-29-20-8-10-21(11-9-20)33-17(2)22(15-31-33)18-12-25(34-24-7-5-4-6-23(24)28)26-19(13-27)14-30-32(26)16-18/h4-7,12,14-16,20-21,29H,3,8-11,28H2,1-2H3/t20-,21+. The van der Waals surface area contributed by atoms with Gasteiger partial charge in [-0.2, -0.15) is 15.5 Å². The minimum absolute atomic E-state index is 0.431. The van der Waals surface area contributed by atoms with Gasteiger partial charge in [-0.05, 0) is 57.4 Å². The van der Waals surface area contributed by atoms with Crippen molar-refractivity contribution in [3.05, 3.63) is 60.2 Å². The molecular formula is C26H29N7S. The van der Waals surface area contributed by atoms with E-state index in [4.69, 9.17) is 10.8 Å². The molecule has 4 aromatic rings. The molecule has 1 aromatic carbocycles. The van der Waals surface area contributed by atoms with Gasteiger partial charge < -0.3 is 11.1 Å². The molecule has 0 radical (unpaired) electrons. The van der Waals surface area contributed by atoms with Crippen molar-refractivity contribution in [1.29, 1.82) is 5.26 Å². The van der Waals surface area contributed by atoms with Crippen LogP contribution in [0.5, 0.6) is 0 Å². The van der Waals surface area contributed by atoms with Crippen molar-refractivity contribution in [3.63, 3.8) is 0 Å². The number of hydrogen-bond donors (Lipinski definition) is 2. The van der Waals surface area contributed by atoms with Crippen molar-refractivity contribution in [2.24, 2.45) is 0 Å². The van der Waals surface area contributed by atoms with Crippen LogP contribution in [0.1, 0.15) is 49.9 Å². The quantitative estimate of drug-likeness (QED) is 0.375. The molecule has 0 bridgehead atoms. The van der Waals surface area contributed by atoms with E-state index in [1.807, 2.05) is 36.7 Å². The van der Waals surface area contributed by atoms with E-state index in [1.165, 1.54) is 12.8 Å². The second kappa shape index (κ2) is 9.53. The maximum absolute atomic E-state index is 9.64. The highest BCUT2D eigenvalue weighted by molar-refractivity contribution is 7.99.